The Morgan fingerprint density at radius 1 is 1.05 bits per heavy atom. The number of nitrogens with one attached hydrogen (secondary N) is 1. The van der Waals surface area contributed by atoms with E-state index in [1.165, 1.54) is 33.5 Å². The summed E-state index contributed by atoms with van der Waals surface area (Å²) in [5.41, 5.74) is 0.627. The molecule has 0 aromatic heterocycles. The SMILES string of the molecule is CN(C)C(=O)c1ccc(C(=O)NS(=O)(=O)N2CCCC2)cc1. The van der Waals surface area contributed by atoms with Crippen molar-refractivity contribution in [3.05, 3.63) is 35.4 Å². The molecule has 2 rings (SSSR count). The molecule has 0 unspecified atom stereocenters. The molecule has 0 atom stereocenters. The molecule has 1 saturated heterocycles. The van der Waals surface area contributed by atoms with Crippen LogP contribution in [0.25, 0.3) is 0 Å². The lowest BCUT2D eigenvalue weighted by molar-refractivity contribution is 0.0826. The summed E-state index contributed by atoms with van der Waals surface area (Å²) in [5.74, 6) is -0.882. The quantitative estimate of drug-likeness (QED) is 0.871. The molecule has 0 bridgehead atoms. The Balaban J connectivity index is 2.08. The Hall–Kier alpha value is -1.93. The van der Waals surface area contributed by atoms with Crippen molar-refractivity contribution in [2.75, 3.05) is 27.2 Å². The van der Waals surface area contributed by atoms with Gasteiger partial charge in [0.15, 0.2) is 0 Å². The molecule has 0 radical (unpaired) electrons. The highest BCUT2D eigenvalue weighted by molar-refractivity contribution is 7.87. The number of hydrogen-bond acceptors (Lipinski definition) is 4. The zero-order valence-corrected chi connectivity index (χ0v) is 13.4. The Morgan fingerprint density at radius 2 is 1.55 bits per heavy atom. The molecule has 1 aromatic carbocycles. The van der Waals surface area contributed by atoms with Gasteiger partial charge in [0.1, 0.15) is 0 Å². The number of amides is 2. The van der Waals surface area contributed by atoms with E-state index in [0.717, 1.165) is 12.8 Å². The molecule has 1 aliphatic heterocycles. The van der Waals surface area contributed by atoms with Crippen LogP contribution in [0.5, 0.6) is 0 Å². The number of carbonyl (C=O) groups excluding carboxylic acids is 2. The van der Waals surface area contributed by atoms with Crippen molar-refractivity contribution in [3.63, 3.8) is 0 Å². The highest BCUT2D eigenvalue weighted by Crippen LogP contribution is 2.12. The van der Waals surface area contributed by atoms with Crippen LogP contribution in [0.1, 0.15) is 33.6 Å². The third kappa shape index (κ3) is 3.63. The van der Waals surface area contributed by atoms with Crippen LogP contribution in [0.2, 0.25) is 0 Å². The molecule has 0 spiro atoms. The minimum atomic E-state index is -3.79. The van der Waals surface area contributed by atoms with Gasteiger partial charge < -0.3 is 4.90 Å². The predicted molar refractivity (Wildman–Crippen MR) is 81.7 cm³/mol. The van der Waals surface area contributed by atoms with Crippen LogP contribution in [0.4, 0.5) is 0 Å². The molecule has 1 N–H and O–H groups in total. The average molecular weight is 325 g/mol. The Labute approximate surface area is 130 Å². The first-order valence-corrected chi connectivity index (χ1v) is 8.39. The standard InChI is InChI=1S/C14H19N3O4S/c1-16(2)14(19)12-7-5-11(6-8-12)13(18)15-22(20,21)17-9-3-4-10-17/h5-8H,3-4,9-10H2,1-2H3,(H,15,18). The first-order chi connectivity index (χ1) is 10.3. The second-order valence-electron chi connectivity index (χ2n) is 5.32. The van der Waals surface area contributed by atoms with Crippen molar-refractivity contribution < 1.29 is 18.0 Å². The van der Waals surface area contributed by atoms with Crippen LogP contribution >= 0.6 is 0 Å². The summed E-state index contributed by atoms with van der Waals surface area (Å²) >= 11 is 0. The van der Waals surface area contributed by atoms with Crippen LogP contribution in [0, 0.1) is 0 Å². The molecule has 7 nitrogen and oxygen atoms in total. The predicted octanol–water partition coefficient (Wildman–Crippen LogP) is 0.459. The van der Waals surface area contributed by atoms with E-state index in [2.05, 4.69) is 0 Å². The fraction of sp³-hybridized carbons (Fsp3) is 0.429. The van der Waals surface area contributed by atoms with Crippen LogP contribution in [-0.2, 0) is 10.2 Å². The number of benzene rings is 1. The smallest absolute Gasteiger partial charge is 0.304 e. The molecule has 120 valence electrons. The van der Waals surface area contributed by atoms with Gasteiger partial charge in [-0.3, -0.25) is 9.59 Å². The normalized spacial score (nSPS) is 15.5. The van der Waals surface area contributed by atoms with Crippen molar-refractivity contribution in [2.45, 2.75) is 12.8 Å². The molecule has 0 aliphatic carbocycles. The van der Waals surface area contributed by atoms with E-state index in [9.17, 15) is 18.0 Å². The third-order valence-electron chi connectivity index (χ3n) is 3.43. The van der Waals surface area contributed by atoms with Crippen molar-refractivity contribution >= 4 is 22.0 Å². The summed E-state index contributed by atoms with van der Waals surface area (Å²) in [4.78, 5) is 25.2. The van der Waals surface area contributed by atoms with E-state index < -0.39 is 16.1 Å². The van der Waals surface area contributed by atoms with Gasteiger partial charge in [0.05, 0.1) is 0 Å². The van der Waals surface area contributed by atoms with Crippen molar-refractivity contribution in [2.24, 2.45) is 0 Å². The molecular weight excluding hydrogens is 306 g/mol. The van der Waals surface area contributed by atoms with Crippen molar-refractivity contribution in [1.29, 1.82) is 0 Å². The van der Waals surface area contributed by atoms with Crippen LogP contribution in [-0.4, -0.2) is 56.6 Å². The lowest BCUT2D eigenvalue weighted by Crippen LogP contribution is -2.42. The first kappa shape index (κ1) is 16.4. The molecule has 8 heteroatoms. The second-order valence-corrected chi connectivity index (χ2v) is 6.99. The van der Waals surface area contributed by atoms with Gasteiger partial charge in [-0.25, -0.2) is 4.72 Å². The van der Waals surface area contributed by atoms with Gasteiger partial charge in [-0.15, -0.1) is 0 Å². The van der Waals surface area contributed by atoms with Gasteiger partial charge in [0.2, 0.25) is 0 Å². The highest BCUT2D eigenvalue weighted by Gasteiger charge is 2.27. The van der Waals surface area contributed by atoms with E-state index in [4.69, 9.17) is 0 Å². The van der Waals surface area contributed by atoms with Crippen LogP contribution < -0.4 is 4.72 Å². The first-order valence-electron chi connectivity index (χ1n) is 6.95. The fourth-order valence-corrected chi connectivity index (χ4v) is 3.41. The number of hydrogen-bond donors (Lipinski definition) is 1. The zero-order chi connectivity index (χ0) is 16.3. The molecule has 2 amide bonds. The minimum absolute atomic E-state index is 0.184. The summed E-state index contributed by atoms with van der Waals surface area (Å²) in [6.45, 7) is 0.859. The largest absolute Gasteiger partial charge is 0.345 e. The Bertz CT molecular complexity index is 662. The summed E-state index contributed by atoms with van der Waals surface area (Å²) in [5, 5.41) is 0. The number of carbonyl (C=O) groups is 2. The maximum atomic E-state index is 12.0. The van der Waals surface area contributed by atoms with E-state index in [-0.39, 0.29) is 11.5 Å². The van der Waals surface area contributed by atoms with Gasteiger partial charge in [-0.2, -0.15) is 12.7 Å². The lowest BCUT2D eigenvalue weighted by atomic mass is 10.1. The van der Waals surface area contributed by atoms with Crippen LogP contribution in [0.15, 0.2) is 24.3 Å². The second kappa shape index (κ2) is 6.45. The topological polar surface area (TPSA) is 86.8 Å². The molecule has 0 saturated carbocycles. The molecule has 1 aliphatic rings. The van der Waals surface area contributed by atoms with Crippen molar-refractivity contribution in [3.8, 4) is 0 Å². The van der Waals surface area contributed by atoms with Gasteiger partial charge >= 0.3 is 10.2 Å². The average Bonchev–Trinajstić information content (AvgIpc) is 3.01. The molecular formula is C14H19N3O4S. The van der Waals surface area contributed by atoms with Gasteiger partial charge in [0, 0.05) is 38.3 Å². The molecule has 1 heterocycles. The monoisotopic (exact) mass is 325 g/mol. The molecule has 22 heavy (non-hydrogen) atoms. The summed E-state index contributed by atoms with van der Waals surface area (Å²) in [6.07, 6.45) is 1.60. The number of nitrogens with zero attached hydrogens (tertiary/aromatic N) is 2. The summed E-state index contributed by atoms with van der Waals surface area (Å²) in [7, 11) is -0.528. The molecule has 1 aromatic rings. The maximum Gasteiger partial charge on any atom is 0.304 e. The van der Waals surface area contributed by atoms with Gasteiger partial charge in [-0.05, 0) is 37.1 Å². The summed E-state index contributed by atoms with van der Waals surface area (Å²) in [6, 6.07) is 5.87. The maximum absolute atomic E-state index is 12.0. The van der Waals surface area contributed by atoms with E-state index >= 15 is 0 Å². The highest BCUT2D eigenvalue weighted by atomic mass is 32.2. The zero-order valence-electron chi connectivity index (χ0n) is 12.6. The minimum Gasteiger partial charge on any atom is -0.345 e. The summed E-state index contributed by atoms with van der Waals surface area (Å²) < 4.78 is 27.3. The lowest BCUT2D eigenvalue weighted by Gasteiger charge is -2.16. The van der Waals surface area contributed by atoms with Gasteiger partial charge in [-0.1, -0.05) is 0 Å². The van der Waals surface area contributed by atoms with E-state index in [0.29, 0.717) is 18.7 Å². The third-order valence-corrected chi connectivity index (χ3v) is 4.92. The van der Waals surface area contributed by atoms with E-state index in [1.54, 1.807) is 14.1 Å². The Morgan fingerprint density at radius 3 is 2.05 bits per heavy atom. The fourth-order valence-electron chi connectivity index (χ4n) is 2.19. The molecule has 1 fully saturated rings. The number of rotatable bonds is 4. The van der Waals surface area contributed by atoms with Crippen molar-refractivity contribution in [1.82, 2.24) is 13.9 Å². The van der Waals surface area contributed by atoms with E-state index in [1.807, 2.05) is 4.72 Å². The van der Waals surface area contributed by atoms with Gasteiger partial charge in [0.25, 0.3) is 11.8 Å². The van der Waals surface area contributed by atoms with Crippen LogP contribution in [0.3, 0.4) is 0 Å². The Kier molecular flexibility index (Phi) is 4.82.